The average Bonchev–Trinajstić information content (AvgIpc) is 2.50. The smallest absolute Gasteiger partial charge is 0.336 e. The first-order valence-electron chi connectivity index (χ1n) is 6.17. The van der Waals surface area contributed by atoms with Crippen molar-refractivity contribution in [2.45, 2.75) is 0 Å². The summed E-state index contributed by atoms with van der Waals surface area (Å²) in [6, 6.07) is 10.6. The van der Waals surface area contributed by atoms with Crippen LogP contribution in [-0.2, 0) is 9.59 Å². The number of carbonyl (C=O) groups is 2. The second-order valence-electron chi connectivity index (χ2n) is 4.04. The highest BCUT2D eigenvalue weighted by Gasteiger charge is 2.08. The zero-order valence-electron chi connectivity index (χ0n) is 11.2. The Bertz CT molecular complexity index is 664. The lowest BCUT2D eigenvalue weighted by atomic mass is 10.3. The van der Waals surface area contributed by atoms with E-state index in [-0.39, 0.29) is 11.5 Å². The Morgan fingerprint density at radius 1 is 0.727 bits per heavy atom. The minimum absolute atomic E-state index is 0.264. The minimum Gasteiger partial charge on any atom is -0.420 e. The largest absolute Gasteiger partial charge is 0.420 e. The molecule has 0 atom stereocenters. The van der Waals surface area contributed by atoms with Gasteiger partial charge in [-0.15, -0.1) is 0 Å². The van der Waals surface area contributed by atoms with Crippen molar-refractivity contribution in [1.82, 2.24) is 0 Å². The van der Waals surface area contributed by atoms with E-state index in [1.807, 2.05) is 0 Å². The van der Waals surface area contributed by atoms with Crippen LogP contribution in [0.25, 0.3) is 0 Å². The van der Waals surface area contributed by atoms with Crippen LogP contribution in [-0.4, -0.2) is 11.9 Å². The summed E-state index contributed by atoms with van der Waals surface area (Å²) in [7, 11) is 0. The van der Waals surface area contributed by atoms with Gasteiger partial charge in [0.15, 0.2) is 23.1 Å². The molecule has 0 heterocycles. The monoisotopic (exact) mass is 304 g/mol. The molecule has 22 heavy (non-hydrogen) atoms. The van der Waals surface area contributed by atoms with Crippen LogP contribution >= 0.6 is 0 Å². The molecule has 2 aromatic rings. The molecule has 0 spiro atoms. The molecule has 0 N–H and O–H groups in total. The van der Waals surface area contributed by atoms with Gasteiger partial charge in [0.05, 0.1) is 0 Å². The first kappa shape index (κ1) is 15.4. The van der Waals surface area contributed by atoms with Crippen molar-refractivity contribution in [1.29, 1.82) is 0 Å². The molecule has 4 nitrogen and oxygen atoms in total. The molecule has 0 saturated heterocycles. The van der Waals surface area contributed by atoms with Crippen LogP contribution in [0.4, 0.5) is 8.78 Å². The lowest BCUT2D eigenvalue weighted by Gasteiger charge is -2.02. The summed E-state index contributed by atoms with van der Waals surface area (Å²) in [5.41, 5.74) is 0. The maximum absolute atomic E-state index is 13.2. The lowest BCUT2D eigenvalue weighted by Crippen LogP contribution is -2.09. The van der Waals surface area contributed by atoms with E-state index < -0.39 is 23.6 Å². The average molecular weight is 304 g/mol. The quantitative estimate of drug-likeness (QED) is 0.495. The number of hydrogen-bond acceptors (Lipinski definition) is 4. The molecule has 0 saturated carbocycles. The predicted molar refractivity (Wildman–Crippen MR) is 73.2 cm³/mol. The Balaban J connectivity index is 1.94. The van der Waals surface area contributed by atoms with E-state index in [1.54, 1.807) is 0 Å². The molecule has 0 aromatic heterocycles. The summed E-state index contributed by atoms with van der Waals surface area (Å²) >= 11 is 0. The summed E-state index contributed by atoms with van der Waals surface area (Å²) in [6.07, 6.45) is 1.52. The highest BCUT2D eigenvalue weighted by Crippen LogP contribution is 2.16. The minimum atomic E-state index is -0.962. The van der Waals surface area contributed by atoms with E-state index >= 15 is 0 Å². The van der Waals surface area contributed by atoms with Crippen molar-refractivity contribution < 1.29 is 27.8 Å². The van der Waals surface area contributed by atoms with Gasteiger partial charge in [-0.25, -0.2) is 18.4 Å². The van der Waals surface area contributed by atoms with Gasteiger partial charge in [-0.3, -0.25) is 0 Å². The summed E-state index contributed by atoms with van der Waals surface area (Å²) in [6.45, 7) is 0. The highest BCUT2D eigenvalue weighted by atomic mass is 19.1. The fraction of sp³-hybridized carbons (Fsp3) is 0. The van der Waals surface area contributed by atoms with Gasteiger partial charge in [0, 0.05) is 12.2 Å². The number of hydrogen-bond donors (Lipinski definition) is 0. The fourth-order valence-corrected chi connectivity index (χ4v) is 1.48. The van der Waals surface area contributed by atoms with Gasteiger partial charge >= 0.3 is 11.9 Å². The third-order valence-corrected chi connectivity index (χ3v) is 2.45. The number of rotatable bonds is 4. The van der Waals surface area contributed by atoms with Crippen molar-refractivity contribution in [2.75, 3.05) is 0 Å². The Kier molecular flexibility index (Phi) is 4.98. The van der Waals surface area contributed by atoms with E-state index in [9.17, 15) is 18.4 Å². The van der Waals surface area contributed by atoms with Crippen LogP contribution < -0.4 is 9.47 Å². The summed E-state index contributed by atoms with van der Waals surface area (Å²) in [5.74, 6) is -3.87. The molecule has 0 fully saturated rings. The Hall–Kier alpha value is -3.02. The molecule has 2 aromatic carbocycles. The second-order valence-corrected chi connectivity index (χ2v) is 4.04. The van der Waals surface area contributed by atoms with Gasteiger partial charge in [-0.05, 0) is 24.3 Å². The van der Waals surface area contributed by atoms with E-state index in [0.717, 1.165) is 24.3 Å². The molecule has 112 valence electrons. The Labute approximate surface area is 124 Å². The van der Waals surface area contributed by atoms with Gasteiger partial charge in [0.1, 0.15) is 0 Å². The third kappa shape index (κ3) is 4.24. The van der Waals surface area contributed by atoms with Crippen molar-refractivity contribution in [3.63, 3.8) is 0 Å². The number of halogens is 2. The first-order valence-corrected chi connectivity index (χ1v) is 6.17. The zero-order chi connectivity index (χ0) is 15.9. The topological polar surface area (TPSA) is 52.6 Å². The molecule has 0 unspecified atom stereocenters. The first-order chi connectivity index (χ1) is 10.6. The van der Waals surface area contributed by atoms with E-state index in [0.29, 0.717) is 0 Å². The van der Waals surface area contributed by atoms with Crippen LogP contribution in [0, 0.1) is 11.6 Å². The second kappa shape index (κ2) is 7.12. The number of ether oxygens (including phenoxy) is 2. The van der Waals surface area contributed by atoms with Crippen LogP contribution in [0.1, 0.15) is 0 Å². The van der Waals surface area contributed by atoms with Crippen LogP contribution in [0.3, 0.4) is 0 Å². The summed E-state index contributed by atoms with van der Waals surface area (Å²) < 4.78 is 35.9. The van der Waals surface area contributed by atoms with Crippen molar-refractivity contribution >= 4 is 11.9 Å². The van der Waals surface area contributed by atoms with Crippen molar-refractivity contribution in [3.05, 3.63) is 72.3 Å². The molecule has 2 rings (SSSR count). The maximum atomic E-state index is 13.2. The number of esters is 2. The maximum Gasteiger partial charge on any atom is 0.336 e. The molecule has 0 bridgehead atoms. The van der Waals surface area contributed by atoms with Crippen LogP contribution in [0.2, 0.25) is 0 Å². The normalized spacial score (nSPS) is 10.5. The van der Waals surface area contributed by atoms with Gasteiger partial charge in [-0.1, -0.05) is 24.3 Å². The van der Waals surface area contributed by atoms with E-state index in [2.05, 4.69) is 9.47 Å². The molecular weight excluding hydrogens is 294 g/mol. The molecule has 0 aliphatic heterocycles. The molecule has 0 aliphatic carbocycles. The van der Waals surface area contributed by atoms with E-state index in [1.165, 1.54) is 36.4 Å². The number of carbonyl (C=O) groups excluding carboxylic acids is 2. The van der Waals surface area contributed by atoms with E-state index in [4.69, 9.17) is 0 Å². The molecular formula is C16H10F2O4. The predicted octanol–water partition coefficient (Wildman–Crippen LogP) is 3.03. The van der Waals surface area contributed by atoms with Gasteiger partial charge < -0.3 is 9.47 Å². The standard InChI is InChI=1S/C16H10F2O4/c17-11-5-1-3-7-13(11)21-15(19)9-10-16(20)22-14-8-4-2-6-12(14)18/h1-10H/b10-9+. The van der Waals surface area contributed by atoms with Crippen molar-refractivity contribution in [3.8, 4) is 11.5 Å². The van der Waals surface area contributed by atoms with Crippen molar-refractivity contribution in [2.24, 2.45) is 0 Å². The SMILES string of the molecule is O=C(/C=C/C(=O)Oc1ccccc1F)Oc1ccccc1F. The van der Waals surface area contributed by atoms with Gasteiger partial charge in [0.2, 0.25) is 0 Å². The Morgan fingerprint density at radius 3 is 1.45 bits per heavy atom. The lowest BCUT2D eigenvalue weighted by molar-refractivity contribution is -0.131. The molecule has 0 radical (unpaired) electrons. The number of benzene rings is 2. The number of para-hydroxylation sites is 2. The third-order valence-electron chi connectivity index (χ3n) is 2.45. The summed E-state index contributed by atoms with van der Waals surface area (Å²) in [4.78, 5) is 22.9. The molecule has 6 heteroatoms. The summed E-state index contributed by atoms with van der Waals surface area (Å²) in [5, 5.41) is 0. The molecule has 0 aliphatic rings. The molecule has 0 amide bonds. The van der Waals surface area contributed by atoms with Crippen LogP contribution in [0.15, 0.2) is 60.7 Å². The fourth-order valence-electron chi connectivity index (χ4n) is 1.48. The Morgan fingerprint density at radius 2 is 1.09 bits per heavy atom. The van der Waals surface area contributed by atoms with Crippen LogP contribution in [0.5, 0.6) is 11.5 Å². The van der Waals surface area contributed by atoms with Gasteiger partial charge in [0.25, 0.3) is 0 Å². The van der Waals surface area contributed by atoms with Gasteiger partial charge in [-0.2, -0.15) is 0 Å². The highest BCUT2D eigenvalue weighted by molar-refractivity contribution is 5.93. The zero-order valence-corrected chi connectivity index (χ0v) is 11.2.